The number of nitrogens with one attached hydrogen (secondary N) is 3. The summed E-state index contributed by atoms with van der Waals surface area (Å²) in [6.45, 7) is 5.33. The number of nitrogens with two attached hydrogens (primary N) is 1. The molecule has 5 rings (SSSR count). The number of fused-ring (bicyclic) bond motifs is 14. The molecule has 1 aromatic heterocycles. The fourth-order valence-corrected chi connectivity index (χ4v) is 4.61. The molecule has 2 bridgehead atoms. The Kier molecular flexibility index (Phi) is 9.86. The molecule has 0 spiro atoms. The molecule has 5 N–H and O–H groups in total. The fourth-order valence-electron chi connectivity index (χ4n) is 4.61. The SMILES string of the molecule is COc1ccc(Cc2nc3n(n2)CC(=O)NCCOc2ccc(cc2)C[C@H](N)C(=O)NC(C)(C)C(=O)N[C@@H]3C)cc1OC. The summed E-state index contributed by atoms with van der Waals surface area (Å²) in [5.41, 5.74) is 6.60. The molecule has 13 nitrogen and oxygen atoms in total. The van der Waals surface area contributed by atoms with Crippen molar-refractivity contribution >= 4 is 17.7 Å². The average molecular weight is 594 g/mol. The summed E-state index contributed by atoms with van der Waals surface area (Å²) < 4.78 is 17.9. The summed E-state index contributed by atoms with van der Waals surface area (Å²) in [5.74, 6) is 1.40. The van der Waals surface area contributed by atoms with Crippen LogP contribution in [0, 0.1) is 0 Å². The van der Waals surface area contributed by atoms with Crippen molar-refractivity contribution in [1.82, 2.24) is 30.7 Å². The molecule has 0 unspecified atom stereocenters. The van der Waals surface area contributed by atoms with Crippen LogP contribution in [-0.4, -0.2) is 71.4 Å². The van der Waals surface area contributed by atoms with E-state index in [1.54, 1.807) is 53.2 Å². The number of methoxy groups -OCH3 is 2. The maximum absolute atomic E-state index is 13.3. The Balaban J connectivity index is 1.60. The minimum absolute atomic E-state index is 0.127. The molecule has 43 heavy (non-hydrogen) atoms. The van der Waals surface area contributed by atoms with Gasteiger partial charge in [0.15, 0.2) is 17.3 Å². The van der Waals surface area contributed by atoms with Crippen molar-refractivity contribution in [2.24, 2.45) is 5.73 Å². The first-order chi connectivity index (χ1) is 20.5. The average Bonchev–Trinajstić information content (AvgIpc) is 3.37. The maximum Gasteiger partial charge on any atom is 0.245 e. The molecule has 3 heterocycles. The number of rotatable bonds is 4. The van der Waals surface area contributed by atoms with Gasteiger partial charge < -0.3 is 35.9 Å². The van der Waals surface area contributed by atoms with Gasteiger partial charge in [0.2, 0.25) is 17.7 Å². The van der Waals surface area contributed by atoms with E-state index >= 15 is 0 Å². The number of nitrogens with zero attached hydrogens (tertiary/aromatic N) is 3. The van der Waals surface area contributed by atoms with Crippen molar-refractivity contribution < 1.29 is 28.6 Å². The normalized spacial score (nSPS) is 19.7. The number of hydrogen-bond donors (Lipinski definition) is 4. The van der Waals surface area contributed by atoms with Crippen molar-refractivity contribution in [3.05, 3.63) is 65.2 Å². The monoisotopic (exact) mass is 593 g/mol. The van der Waals surface area contributed by atoms with Gasteiger partial charge in [-0.3, -0.25) is 14.4 Å². The minimum atomic E-state index is -1.29. The van der Waals surface area contributed by atoms with E-state index in [0.29, 0.717) is 35.3 Å². The standard InChI is InChI=1S/C30H39N7O6/c1-18-27-34-25(16-20-8-11-23(41-4)24(15-20)42-5)36-37(27)17-26(38)32-12-13-43-21-9-6-19(7-10-21)14-22(31)28(39)35-30(2,3)29(40)33-18/h6-11,15,18,22H,12-14,16-17,31H2,1-5H3,(H,32,38)(H,33,40)(H,35,39)/t18-,22+/m1/s1. The lowest BCUT2D eigenvalue weighted by Gasteiger charge is -2.28. The van der Waals surface area contributed by atoms with Crippen LogP contribution in [0.4, 0.5) is 0 Å². The lowest BCUT2D eigenvalue weighted by atomic mass is 10.0. The molecule has 3 amide bonds. The number of aromatic nitrogens is 3. The van der Waals surface area contributed by atoms with Crippen LogP contribution >= 0.6 is 0 Å². The van der Waals surface area contributed by atoms with Gasteiger partial charge in [-0.05, 0) is 62.6 Å². The van der Waals surface area contributed by atoms with Crippen LogP contribution in [0.5, 0.6) is 17.2 Å². The van der Waals surface area contributed by atoms with E-state index < -0.39 is 29.4 Å². The van der Waals surface area contributed by atoms with Crippen molar-refractivity contribution in [2.75, 3.05) is 27.4 Å². The Bertz CT molecular complexity index is 1450. The highest BCUT2D eigenvalue weighted by atomic mass is 16.5. The molecule has 2 aromatic carbocycles. The summed E-state index contributed by atoms with van der Waals surface area (Å²) >= 11 is 0. The predicted molar refractivity (Wildman–Crippen MR) is 158 cm³/mol. The topological polar surface area (TPSA) is 172 Å². The molecule has 13 heteroatoms. The van der Waals surface area contributed by atoms with Crippen molar-refractivity contribution in [1.29, 1.82) is 0 Å². The Morgan fingerprint density at radius 2 is 1.79 bits per heavy atom. The van der Waals surface area contributed by atoms with Crippen LogP contribution in [-0.2, 0) is 33.8 Å². The summed E-state index contributed by atoms with van der Waals surface area (Å²) in [6, 6.07) is 11.2. The molecule has 3 aromatic rings. The summed E-state index contributed by atoms with van der Waals surface area (Å²) in [4.78, 5) is 43.8. The Hall–Kier alpha value is -4.65. The van der Waals surface area contributed by atoms with Crippen LogP contribution in [0.25, 0.3) is 0 Å². The van der Waals surface area contributed by atoms with Crippen molar-refractivity contribution in [3.8, 4) is 17.2 Å². The molecule has 0 radical (unpaired) electrons. The molecule has 230 valence electrons. The molecule has 0 fully saturated rings. The third-order valence-corrected chi connectivity index (χ3v) is 6.99. The third kappa shape index (κ3) is 8.01. The van der Waals surface area contributed by atoms with Gasteiger partial charge in [0.05, 0.1) is 32.8 Å². The van der Waals surface area contributed by atoms with Crippen LogP contribution < -0.4 is 35.9 Å². The smallest absolute Gasteiger partial charge is 0.245 e. The molecular formula is C30H39N7O6. The fraction of sp³-hybridized carbons (Fsp3) is 0.433. The van der Waals surface area contributed by atoms with Gasteiger partial charge in [0.25, 0.3) is 0 Å². The third-order valence-electron chi connectivity index (χ3n) is 6.99. The zero-order chi connectivity index (χ0) is 31.1. The molecule has 2 atom stereocenters. The maximum atomic E-state index is 13.3. The van der Waals surface area contributed by atoms with Gasteiger partial charge in [0.1, 0.15) is 30.3 Å². The highest BCUT2D eigenvalue weighted by molar-refractivity contribution is 5.92. The van der Waals surface area contributed by atoms with Gasteiger partial charge in [-0.1, -0.05) is 18.2 Å². The minimum Gasteiger partial charge on any atom is -0.493 e. The largest absolute Gasteiger partial charge is 0.493 e. The second-order valence-corrected chi connectivity index (χ2v) is 10.9. The van der Waals surface area contributed by atoms with Crippen molar-refractivity contribution in [2.45, 2.75) is 57.8 Å². The quantitative estimate of drug-likeness (QED) is 0.345. The van der Waals surface area contributed by atoms with Crippen LogP contribution in [0.2, 0.25) is 0 Å². The number of benzene rings is 2. The van der Waals surface area contributed by atoms with E-state index in [1.165, 1.54) is 4.68 Å². The van der Waals surface area contributed by atoms with E-state index in [9.17, 15) is 14.4 Å². The summed E-state index contributed by atoms with van der Waals surface area (Å²) in [6.07, 6.45) is 0.622. The molecule has 0 saturated carbocycles. The Morgan fingerprint density at radius 1 is 1.07 bits per heavy atom. The van der Waals surface area contributed by atoms with Gasteiger partial charge >= 0.3 is 0 Å². The lowest BCUT2D eigenvalue weighted by molar-refractivity contribution is -0.133. The van der Waals surface area contributed by atoms with E-state index in [2.05, 4.69) is 26.0 Å². The number of ether oxygens (including phenoxy) is 3. The zero-order valence-electron chi connectivity index (χ0n) is 25.1. The van der Waals surface area contributed by atoms with Gasteiger partial charge in [0, 0.05) is 6.42 Å². The second-order valence-electron chi connectivity index (χ2n) is 10.9. The number of carbonyl (C=O) groups is 3. The molecular weight excluding hydrogens is 554 g/mol. The first-order valence-electron chi connectivity index (χ1n) is 14.0. The molecule has 0 saturated heterocycles. The van der Waals surface area contributed by atoms with E-state index in [4.69, 9.17) is 19.9 Å². The van der Waals surface area contributed by atoms with E-state index in [-0.39, 0.29) is 32.0 Å². The first-order valence-corrected chi connectivity index (χ1v) is 14.0. The van der Waals surface area contributed by atoms with Gasteiger partial charge in [-0.2, -0.15) is 5.10 Å². The molecule has 2 aliphatic heterocycles. The Morgan fingerprint density at radius 3 is 2.49 bits per heavy atom. The van der Waals surface area contributed by atoms with Gasteiger partial charge in [-0.15, -0.1) is 0 Å². The van der Waals surface area contributed by atoms with Crippen LogP contribution in [0.3, 0.4) is 0 Å². The summed E-state index contributed by atoms with van der Waals surface area (Å²) in [7, 11) is 3.12. The number of carbonyl (C=O) groups excluding carboxylic acids is 3. The van der Waals surface area contributed by atoms with Gasteiger partial charge in [-0.25, -0.2) is 9.67 Å². The lowest BCUT2D eigenvalue weighted by Crippen LogP contribution is -2.58. The summed E-state index contributed by atoms with van der Waals surface area (Å²) in [5, 5.41) is 13.1. The number of amides is 3. The van der Waals surface area contributed by atoms with Crippen molar-refractivity contribution in [3.63, 3.8) is 0 Å². The second kappa shape index (κ2) is 13.6. The van der Waals surface area contributed by atoms with Crippen LogP contribution in [0.1, 0.15) is 49.6 Å². The van der Waals surface area contributed by atoms with E-state index in [1.807, 2.05) is 24.3 Å². The Labute approximate surface area is 250 Å². The molecule has 0 aliphatic carbocycles. The van der Waals surface area contributed by atoms with Crippen LogP contribution in [0.15, 0.2) is 42.5 Å². The molecule has 2 aliphatic rings. The first kappa shape index (κ1) is 31.3. The van der Waals surface area contributed by atoms with E-state index in [0.717, 1.165) is 11.1 Å². The highest BCUT2D eigenvalue weighted by Gasteiger charge is 2.33. The number of hydrogen-bond acceptors (Lipinski definition) is 9. The predicted octanol–water partition coefficient (Wildman–Crippen LogP) is 1.04. The zero-order valence-corrected chi connectivity index (χ0v) is 25.1. The highest BCUT2D eigenvalue weighted by Crippen LogP contribution is 2.28.